The highest BCUT2D eigenvalue weighted by Gasteiger charge is 2.28. The molecule has 3 rings (SSSR count). The van der Waals surface area contributed by atoms with Gasteiger partial charge in [0.05, 0.1) is 0 Å². The molecule has 2 aromatic rings. The van der Waals surface area contributed by atoms with Crippen molar-refractivity contribution in [2.45, 2.75) is 31.7 Å². The second-order valence-electron chi connectivity index (χ2n) is 5.92. The largest absolute Gasteiger partial charge is 0.451 e. The second-order valence-corrected chi connectivity index (χ2v) is 5.92. The molecule has 1 saturated carbocycles. The fourth-order valence-electron chi connectivity index (χ4n) is 3.14. The van der Waals surface area contributed by atoms with Crippen LogP contribution in [-0.4, -0.2) is 35.6 Å². The van der Waals surface area contributed by atoms with Crippen LogP contribution in [0.4, 0.5) is 0 Å². The Labute approximate surface area is 124 Å². The van der Waals surface area contributed by atoms with Crippen molar-refractivity contribution in [3.05, 3.63) is 36.1 Å². The third-order valence-corrected chi connectivity index (χ3v) is 4.58. The SMILES string of the molecule is CN(C(=O)c1cc2ccccc2o1)C1CCC(CO)CC1. The summed E-state index contributed by atoms with van der Waals surface area (Å²) in [6, 6.07) is 9.72. The van der Waals surface area contributed by atoms with Gasteiger partial charge in [0.1, 0.15) is 5.58 Å². The average Bonchev–Trinajstić information content (AvgIpc) is 2.97. The first kappa shape index (κ1) is 14.1. The molecular formula is C17H21NO3. The zero-order chi connectivity index (χ0) is 14.8. The van der Waals surface area contributed by atoms with E-state index in [1.54, 1.807) is 4.90 Å². The fourth-order valence-corrected chi connectivity index (χ4v) is 3.14. The lowest BCUT2D eigenvalue weighted by atomic mass is 9.86. The summed E-state index contributed by atoms with van der Waals surface area (Å²) in [5.74, 6) is 0.748. The smallest absolute Gasteiger partial charge is 0.289 e. The molecule has 4 heteroatoms. The van der Waals surface area contributed by atoms with Crippen molar-refractivity contribution in [3.8, 4) is 0 Å². The summed E-state index contributed by atoms with van der Waals surface area (Å²) in [5, 5.41) is 10.1. The van der Waals surface area contributed by atoms with Gasteiger partial charge < -0.3 is 14.4 Å². The van der Waals surface area contributed by atoms with Crippen molar-refractivity contribution in [2.75, 3.05) is 13.7 Å². The van der Waals surface area contributed by atoms with E-state index in [-0.39, 0.29) is 18.6 Å². The number of fused-ring (bicyclic) bond motifs is 1. The number of furan rings is 1. The predicted octanol–water partition coefficient (Wildman–Crippen LogP) is 3.06. The van der Waals surface area contributed by atoms with E-state index < -0.39 is 0 Å². The molecule has 112 valence electrons. The minimum Gasteiger partial charge on any atom is -0.451 e. The second kappa shape index (κ2) is 5.90. The molecule has 21 heavy (non-hydrogen) atoms. The van der Waals surface area contributed by atoms with E-state index in [2.05, 4.69) is 0 Å². The van der Waals surface area contributed by atoms with E-state index in [0.717, 1.165) is 36.7 Å². The lowest BCUT2D eigenvalue weighted by molar-refractivity contribution is 0.0624. The van der Waals surface area contributed by atoms with Crippen LogP contribution < -0.4 is 0 Å². The predicted molar refractivity (Wildman–Crippen MR) is 81.1 cm³/mol. The lowest BCUT2D eigenvalue weighted by Crippen LogP contribution is -2.39. The average molecular weight is 287 g/mol. The lowest BCUT2D eigenvalue weighted by Gasteiger charge is -2.33. The molecule has 1 amide bonds. The molecule has 1 heterocycles. The molecule has 0 atom stereocenters. The summed E-state index contributed by atoms with van der Waals surface area (Å²) in [4.78, 5) is 14.3. The maximum atomic E-state index is 12.5. The van der Waals surface area contributed by atoms with Crippen LogP contribution in [0.15, 0.2) is 34.7 Å². The Morgan fingerprint density at radius 2 is 2.00 bits per heavy atom. The van der Waals surface area contributed by atoms with Crippen LogP contribution in [0.25, 0.3) is 11.0 Å². The number of nitrogens with zero attached hydrogens (tertiary/aromatic N) is 1. The Bertz CT molecular complexity index is 593. The van der Waals surface area contributed by atoms with Crippen LogP contribution in [0.3, 0.4) is 0 Å². The maximum absolute atomic E-state index is 12.5. The normalized spacial score (nSPS) is 22.4. The number of carbonyl (C=O) groups is 1. The molecular weight excluding hydrogens is 266 g/mol. The van der Waals surface area contributed by atoms with Crippen LogP contribution in [0, 0.1) is 5.92 Å². The molecule has 0 saturated heterocycles. The van der Waals surface area contributed by atoms with Crippen LogP contribution in [0.1, 0.15) is 36.2 Å². The standard InChI is InChI=1S/C17H21NO3/c1-18(14-8-6-12(11-19)7-9-14)17(20)16-10-13-4-2-3-5-15(13)21-16/h2-5,10,12,14,19H,6-9,11H2,1H3. The summed E-state index contributed by atoms with van der Waals surface area (Å²) in [7, 11) is 1.85. The number of aliphatic hydroxyl groups is 1. The first-order valence-electron chi connectivity index (χ1n) is 7.55. The molecule has 1 aliphatic rings. The van der Waals surface area contributed by atoms with Gasteiger partial charge in [-0.3, -0.25) is 4.79 Å². The fraction of sp³-hybridized carbons (Fsp3) is 0.471. The van der Waals surface area contributed by atoms with E-state index in [0.29, 0.717) is 11.7 Å². The Kier molecular flexibility index (Phi) is 3.97. The van der Waals surface area contributed by atoms with Crippen molar-refractivity contribution >= 4 is 16.9 Å². The highest BCUT2D eigenvalue weighted by Crippen LogP contribution is 2.28. The monoisotopic (exact) mass is 287 g/mol. The molecule has 0 aliphatic heterocycles. The van der Waals surface area contributed by atoms with Crippen LogP contribution in [-0.2, 0) is 0 Å². The van der Waals surface area contributed by atoms with Gasteiger partial charge in [0.2, 0.25) is 0 Å². The molecule has 4 nitrogen and oxygen atoms in total. The van der Waals surface area contributed by atoms with Crippen molar-refractivity contribution in [1.82, 2.24) is 4.90 Å². The van der Waals surface area contributed by atoms with E-state index >= 15 is 0 Å². The van der Waals surface area contributed by atoms with Crippen LogP contribution >= 0.6 is 0 Å². The molecule has 1 N–H and O–H groups in total. The highest BCUT2D eigenvalue weighted by atomic mass is 16.3. The number of hydrogen-bond acceptors (Lipinski definition) is 3. The molecule has 0 spiro atoms. The van der Waals surface area contributed by atoms with E-state index in [1.807, 2.05) is 37.4 Å². The van der Waals surface area contributed by atoms with Crippen LogP contribution in [0.2, 0.25) is 0 Å². The van der Waals surface area contributed by atoms with Gasteiger partial charge in [-0.2, -0.15) is 0 Å². The van der Waals surface area contributed by atoms with Gasteiger partial charge in [0, 0.05) is 25.1 Å². The van der Waals surface area contributed by atoms with Gasteiger partial charge in [-0.1, -0.05) is 18.2 Å². The number of carbonyl (C=O) groups excluding carboxylic acids is 1. The number of benzene rings is 1. The molecule has 0 radical (unpaired) electrons. The first-order chi connectivity index (χ1) is 10.2. The molecule has 1 aliphatic carbocycles. The quantitative estimate of drug-likeness (QED) is 0.944. The molecule has 1 fully saturated rings. The number of hydrogen-bond donors (Lipinski definition) is 1. The van der Waals surface area contributed by atoms with Gasteiger partial charge in [-0.15, -0.1) is 0 Å². The number of amides is 1. The number of rotatable bonds is 3. The maximum Gasteiger partial charge on any atom is 0.289 e. The molecule has 0 unspecified atom stereocenters. The zero-order valence-corrected chi connectivity index (χ0v) is 12.3. The first-order valence-corrected chi connectivity index (χ1v) is 7.55. The Morgan fingerprint density at radius 1 is 1.29 bits per heavy atom. The van der Waals surface area contributed by atoms with Crippen molar-refractivity contribution in [2.24, 2.45) is 5.92 Å². The molecule has 0 bridgehead atoms. The minimum atomic E-state index is -0.0568. The van der Waals surface area contributed by atoms with Gasteiger partial charge in [-0.25, -0.2) is 0 Å². The minimum absolute atomic E-state index is 0.0568. The Balaban J connectivity index is 1.72. The summed E-state index contributed by atoms with van der Waals surface area (Å²) in [5.41, 5.74) is 0.748. The number of aliphatic hydroxyl groups excluding tert-OH is 1. The van der Waals surface area contributed by atoms with Crippen molar-refractivity contribution in [3.63, 3.8) is 0 Å². The third-order valence-electron chi connectivity index (χ3n) is 4.58. The Morgan fingerprint density at radius 3 is 2.67 bits per heavy atom. The summed E-state index contributed by atoms with van der Waals surface area (Å²) < 4.78 is 5.65. The van der Waals surface area contributed by atoms with E-state index in [4.69, 9.17) is 4.42 Å². The van der Waals surface area contributed by atoms with Crippen LogP contribution in [0.5, 0.6) is 0 Å². The summed E-state index contributed by atoms with van der Waals surface area (Å²) in [6.45, 7) is 0.258. The van der Waals surface area contributed by atoms with E-state index in [1.165, 1.54) is 0 Å². The topological polar surface area (TPSA) is 53.7 Å². The van der Waals surface area contributed by atoms with Gasteiger partial charge in [-0.05, 0) is 43.7 Å². The summed E-state index contributed by atoms with van der Waals surface area (Å²) in [6.07, 6.45) is 3.87. The third kappa shape index (κ3) is 2.81. The zero-order valence-electron chi connectivity index (χ0n) is 12.3. The highest BCUT2D eigenvalue weighted by molar-refractivity contribution is 5.96. The molecule has 1 aromatic carbocycles. The van der Waals surface area contributed by atoms with Crippen molar-refractivity contribution < 1.29 is 14.3 Å². The van der Waals surface area contributed by atoms with Crippen molar-refractivity contribution in [1.29, 1.82) is 0 Å². The van der Waals surface area contributed by atoms with E-state index in [9.17, 15) is 9.90 Å². The number of para-hydroxylation sites is 1. The Hall–Kier alpha value is -1.81. The van der Waals surface area contributed by atoms with Gasteiger partial charge in [0.25, 0.3) is 5.91 Å². The summed E-state index contributed by atoms with van der Waals surface area (Å²) >= 11 is 0. The van der Waals surface area contributed by atoms with Gasteiger partial charge in [0.15, 0.2) is 5.76 Å². The molecule has 1 aromatic heterocycles. The van der Waals surface area contributed by atoms with Gasteiger partial charge >= 0.3 is 0 Å².